The first-order valence-electron chi connectivity index (χ1n) is 7.81. The standard InChI is InChI=1S/C17H21N3/c1-19-16-14(10-18)15(2-3-20-16)17-7-11-4-12(8-17)6-13(5-11)9-17/h2-3,11-13H,4-9H2,1H3,(H,19,20). The van der Waals surface area contributed by atoms with Crippen molar-refractivity contribution in [1.29, 1.82) is 5.26 Å². The van der Waals surface area contributed by atoms with Crippen molar-refractivity contribution in [2.45, 2.75) is 43.9 Å². The van der Waals surface area contributed by atoms with Crippen LogP contribution in [0.4, 0.5) is 5.82 Å². The summed E-state index contributed by atoms with van der Waals surface area (Å²) in [5.41, 5.74) is 2.34. The SMILES string of the molecule is CNc1nccc(C23CC4CC(CC(C4)C2)C3)c1C#N. The number of nitriles is 1. The van der Waals surface area contributed by atoms with Crippen molar-refractivity contribution in [3.05, 3.63) is 23.4 Å². The highest BCUT2D eigenvalue weighted by Crippen LogP contribution is 2.61. The largest absolute Gasteiger partial charge is 0.372 e. The number of nitrogens with zero attached hydrogens (tertiary/aromatic N) is 2. The van der Waals surface area contributed by atoms with Crippen molar-refractivity contribution in [2.75, 3.05) is 12.4 Å². The van der Waals surface area contributed by atoms with E-state index in [4.69, 9.17) is 0 Å². The molecule has 1 heterocycles. The molecule has 3 nitrogen and oxygen atoms in total. The zero-order valence-corrected chi connectivity index (χ0v) is 12.0. The van der Waals surface area contributed by atoms with Gasteiger partial charge in [-0.2, -0.15) is 5.26 Å². The number of rotatable bonds is 2. The highest BCUT2D eigenvalue weighted by Gasteiger charge is 2.52. The fourth-order valence-corrected chi connectivity index (χ4v) is 5.65. The summed E-state index contributed by atoms with van der Waals surface area (Å²) in [6.07, 6.45) is 10.1. The molecule has 0 radical (unpaired) electrons. The molecule has 0 aromatic carbocycles. The summed E-state index contributed by atoms with van der Waals surface area (Å²) in [7, 11) is 1.85. The predicted molar refractivity (Wildman–Crippen MR) is 78.3 cm³/mol. The van der Waals surface area contributed by atoms with Crippen molar-refractivity contribution in [3.8, 4) is 6.07 Å². The molecule has 0 unspecified atom stereocenters. The second-order valence-electron chi connectivity index (χ2n) is 7.14. The lowest BCUT2D eigenvalue weighted by molar-refractivity contribution is -0.00531. The van der Waals surface area contributed by atoms with Gasteiger partial charge in [-0.25, -0.2) is 4.98 Å². The molecule has 4 aliphatic rings. The molecule has 20 heavy (non-hydrogen) atoms. The molecular weight excluding hydrogens is 246 g/mol. The van der Waals surface area contributed by atoms with Gasteiger partial charge in [-0.15, -0.1) is 0 Å². The summed E-state index contributed by atoms with van der Waals surface area (Å²) >= 11 is 0. The molecule has 4 bridgehead atoms. The van der Waals surface area contributed by atoms with E-state index in [0.717, 1.165) is 29.1 Å². The minimum Gasteiger partial charge on any atom is -0.372 e. The molecule has 4 fully saturated rings. The maximum absolute atomic E-state index is 9.60. The van der Waals surface area contributed by atoms with Gasteiger partial charge < -0.3 is 5.32 Å². The van der Waals surface area contributed by atoms with E-state index in [1.54, 1.807) is 0 Å². The molecule has 0 aliphatic heterocycles. The Kier molecular flexibility index (Phi) is 2.57. The van der Waals surface area contributed by atoms with Crippen LogP contribution < -0.4 is 5.32 Å². The van der Waals surface area contributed by atoms with Crippen molar-refractivity contribution >= 4 is 5.82 Å². The van der Waals surface area contributed by atoms with Crippen molar-refractivity contribution in [1.82, 2.24) is 4.98 Å². The predicted octanol–water partition coefficient (Wildman–Crippen LogP) is 3.46. The minimum atomic E-state index is 0.272. The molecule has 4 aliphatic carbocycles. The third-order valence-electron chi connectivity index (χ3n) is 5.91. The van der Waals surface area contributed by atoms with Crippen LogP contribution >= 0.6 is 0 Å². The molecular formula is C17H21N3. The number of nitrogens with one attached hydrogen (secondary N) is 1. The van der Waals surface area contributed by atoms with E-state index in [2.05, 4.69) is 22.4 Å². The highest BCUT2D eigenvalue weighted by atomic mass is 15.0. The summed E-state index contributed by atoms with van der Waals surface area (Å²) < 4.78 is 0. The van der Waals surface area contributed by atoms with Crippen LogP contribution in [-0.2, 0) is 5.41 Å². The van der Waals surface area contributed by atoms with Gasteiger partial charge in [0.2, 0.25) is 0 Å². The lowest BCUT2D eigenvalue weighted by Crippen LogP contribution is -2.48. The summed E-state index contributed by atoms with van der Waals surface area (Å²) in [6.45, 7) is 0. The lowest BCUT2D eigenvalue weighted by atomic mass is 9.47. The molecule has 4 saturated carbocycles. The van der Waals surface area contributed by atoms with E-state index in [9.17, 15) is 5.26 Å². The van der Waals surface area contributed by atoms with Crippen LogP contribution in [0.5, 0.6) is 0 Å². The monoisotopic (exact) mass is 267 g/mol. The molecule has 1 aromatic rings. The molecule has 0 saturated heterocycles. The van der Waals surface area contributed by atoms with Crippen LogP contribution in [0.25, 0.3) is 0 Å². The maximum atomic E-state index is 9.60. The molecule has 5 rings (SSSR count). The van der Waals surface area contributed by atoms with E-state index in [1.807, 2.05) is 13.2 Å². The molecule has 0 atom stereocenters. The van der Waals surface area contributed by atoms with E-state index in [-0.39, 0.29) is 5.41 Å². The second kappa shape index (κ2) is 4.22. The van der Waals surface area contributed by atoms with Gasteiger partial charge in [0.1, 0.15) is 11.9 Å². The van der Waals surface area contributed by atoms with Gasteiger partial charge in [-0.3, -0.25) is 0 Å². The smallest absolute Gasteiger partial charge is 0.143 e. The summed E-state index contributed by atoms with van der Waals surface area (Å²) in [6, 6.07) is 4.53. The Morgan fingerprint density at radius 2 is 1.80 bits per heavy atom. The Labute approximate surface area is 120 Å². The third kappa shape index (κ3) is 1.60. The molecule has 0 spiro atoms. The quantitative estimate of drug-likeness (QED) is 0.892. The van der Waals surface area contributed by atoms with Gasteiger partial charge in [0.25, 0.3) is 0 Å². The van der Waals surface area contributed by atoms with Crippen LogP contribution in [-0.4, -0.2) is 12.0 Å². The zero-order valence-electron chi connectivity index (χ0n) is 12.0. The first kappa shape index (κ1) is 12.2. The number of pyridine rings is 1. The highest BCUT2D eigenvalue weighted by molar-refractivity contribution is 5.58. The van der Waals surface area contributed by atoms with E-state index < -0.39 is 0 Å². The topological polar surface area (TPSA) is 48.7 Å². The summed E-state index contributed by atoms with van der Waals surface area (Å²) in [4.78, 5) is 4.32. The fourth-order valence-electron chi connectivity index (χ4n) is 5.65. The van der Waals surface area contributed by atoms with Crippen molar-refractivity contribution in [3.63, 3.8) is 0 Å². The Morgan fingerprint density at radius 1 is 1.20 bits per heavy atom. The van der Waals surface area contributed by atoms with Gasteiger partial charge in [0.05, 0.1) is 5.56 Å². The van der Waals surface area contributed by atoms with Gasteiger partial charge in [-0.05, 0) is 73.3 Å². The van der Waals surface area contributed by atoms with Gasteiger partial charge in [0.15, 0.2) is 0 Å². The first-order valence-corrected chi connectivity index (χ1v) is 7.81. The average molecular weight is 267 g/mol. The van der Waals surface area contributed by atoms with Crippen LogP contribution in [0.2, 0.25) is 0 Å². The van der Waals surface area contributed by atoms with Gasteiger partial charge in [0, 0.05) is 13.2 Å². The Bertz CT molecular complexity index is 549. The Morgan fingerprint density at radius 3 is 2.30 bits per heavy atom. The van der Waals surface area contributed by atoms with E-state index in [1.165, 1.54) is 44.1 Å². The number of hydrogen-bond acceptors (Lipinski definition) is 3. The zero-order chi connectivity index (χ0) is 13.7. The van der Waals surface area contributed by atoms with Crippen LogP contribution in [0.15, 0.2) is 12.3 Å². The number of aromatic nitrogens is 1. The second-order valence-corrected chi connectivity index (χ2v) is 7.14. The average Bonchev–Trinajstić information content (AvgIpc) is 2.44. The van der Waals surface area contributed by atoms with Crippen molar-refractivity contribution < 1.29 is 0 Å². The van der Waals surface area contributed by atoms with Gasteiger partial charge in [-0.1, -0.05) is 0 Å². The first-order chi connectivity index (χ1) is 9.74. The third-order valence-corrected chi connectivity index (χ3v) is 5.91. The van der Waals surface area contributed by atoms with E-state index in [0.29, 0.717) is 0 Å². The number of hydrogen-bond donors (Lipinski definition) is 1. The fraction of sp³-hybridized carbons (Fsp3) is 0.647. The minimum absolute atomic E-state index is 0.272. The van der Waals surface area contributed by atoms with Crippen molar-refractivity contribution in [2.24, 2.45) is 17.8 Å². The molecule has 3 heteroatoms. The molecule has 0 amide bonds. The normalized spacial score (nSPS) is 37.7. The Balaban J connectivity index is 1.83. The van der Waals surface area contributed by atoms with E-state index >= 15 is 0 Å². The molecule has 104 valence electrons. The van der Waals surface area contributed by atoms with Crippen LogP contribution in [0, 0.1) is 29.1 Å². The maximum Gasteiger partial charge on any atom is 0.143 e. The van der Waals surface area contributed by atoms with Gasteiger partial charge >= 0.3 is 0 Å². The summed E-state index contributed by atoms with van der Waals surface area (Å²) in [5, 5.41) is 12.7. The van der Waals surface area contributed by atoms with Crippen LogP contribution in [0.3, 0.4) is 0 Å². The molecule has 1 aromatic heterocycles. The van der Waals surface area contributed by atoms with Crippen LogP contribution in [0.1, 0.15) is 49.7 Å². The molecule has 1 N–H and O–H groups in total. The lowest BCUT2D eigenvalue weighted by Gasteiger charge is -2.57. The number of anilines is 1. The summed E-state index contributed by atoms with van der Waals surface area (Å²) in [5.74, 6) is 3.46. The Hall–Kier alpha value is -1.56.